The van der Waals surface area contributed by atoms with Crippen LogP contribution < -0.4 is 0 Å². The molecule has 0 amide bonds. The molecule has 2 aromatic carbocycles. The van der Waals surface area contributed by atoms with Gasteiger partial charge in [-0.05, 0) is 28.7 Å². The van der Waals surface area contributed by atoms with Gasteiger partial charge in [0.25, 0.3) is 0 Å². The Morgan fingerprint density at radius 2 is 1.80 bits per heavy atom. The van der Waals surface area contributed by atoms with E-state index in [0.29, 0.717) is 12.5 Å². The summed E-state index contributed by atoms with van der Waals surface area (Å²) in [6.07, 6.45) is 1.79. The predicted octanol–water partition coefficient (Wildman–Crippen LogP) is 4.33. The molecule has 0 fully saturated rings. The van der Waals surface area contributed by atoms with Gasteiger partial charge < -0.3 is 9.84 Å². The summed E-state index contributed by atoms with van der Waals surface area (Å²) in [5.41, 5.74) is 0.950. The maximum absolute atomic E-state index is 10.3. The van der Waals surface area contributed by atoms with Gasteiger partial charge in [0.15, 0.2) is 0 Å². The number of aliphatic hydroxyl groups excluding tert-OH is 1. The van der Waals surface area contributed by atoms with E-state index in [1.807, 2.05) is 30.3 Å². The van der Waals surface area contributed by atoms with Crippen molar-refractivity contribution in [1.29, 1.82) is 0 Å². The van der Waals surface area contributed by atoms with Crippen molar-refractivity contribution >= 4 is 10.8 Å². The smallest absolute Gasteiger partial charge is 0.103 e. The Balaban J connectivity index is 1.99. The molecule has 108 valence electrons. The average Bonchev–Trinajstić information content (AvgIpc) is 2.47. The van der Waals surface area contributed by atoms with Gasteiger partial charge in [-0.3, -0.25) is 0 Å². The Bertz CT molecular complexity index is 530. The van der Waals surface area contributed by atoms with Gasteiger partial charge in [0.05, 0.1) is 6.61 Å². The highest BCUT2D eigenvalue weighted by molar-refractivity contribution is 5.85. The molecule has 0 saturated carbocycles. The van der Waals surface area contributed by atoms with E-state index in [0.717, 1.165) is 22.9 Å². The first-order chi connectivity index (χ1) is 9.72. The zero-order valence-corrected chi connectivity index (χ0v) is 12.4. The van der Waals surface area contributed by atoms with Crippen molar-refractivity contribution in [2.24, 2.45) is 5.92 Å². The summed E-state index contributed by atoms with van der Waals surface area (Å²) in [6.45, 7) is 5.45. The topological polar surface area (TPSA) is 29.5 Å². The van der Waals surface area contributed by atoms with Crippen LogP contribution in [0.3, 0.4) is 0 Å². The molecule has 0 heterocycles. The third-order valence-electron chi connectivity index (χ3n) is 3.64. The zero-order valence-electron chi connectivity index (χ0n) is 12.4. The van der Waals surface area contributed by atoms with Crippen LogP contribution in [-0.4, -0.2) is 18.3 Å². The second-order valence-corrected chi connectivity index (χ2v) is 5.52. The van der Waals surface area contributed by atoms with Gasteiger partial charge in [0, 0.05) is 6.61 Å². The van der Waals surface area contributed by atoms with Gasteiger partial charge in [-0.1, -0.05) is 62.7 Å². The van der Waals surface area contributed by atoms with E-state index in [-0.39, 0.29) is 0 Å². The lowest BCUT2D eigenvalue weighted by Crippen LogP contribution is -2.12. The van der Waals surface area contributed by atoms with Crippen LogP contribution in [0.1, 0.15) is 38.4 Å². The molecule has 2 nitrogen and oxygen atoms in total. The van der Waals surface area contributed by atoms with Crippen LogP contribution in [-0.2, 0) is 4.74 Å². The van der Waals surface area contributed by atoms with Crippen LogP contribution >= 0.6 is 0 Å². The largest absolute Gasteiger partial charge is 0.386 e. The lowest BCUT2D eigenvalue weighted by atomic mass is 10.0. The second-order valence-electron chi connectivity index (χ2n) is 5.52. The van der Waals surface area contributed by atoms with Gasteiger partial charge in [0.2, 0.25) is 0 Å². The number of aliphatic hydroxyl groups is 1. The normalized spacial score (nSPS) is 14.3. The summed E-state index contributed by atoms with van der Waals surface area (Å²) in [5, 5.41) is 12.6. The Kier molecular flexibility index (Phi) is 5.57. The van der Waals surface area contributed by atoms with E-state index < -0.39 is 6.10 Å². The van der Waals surface area contributed by atoms with E-state index in [2.05, 4.69) is 26.0 Å². The predicted molar refractivity (Wildman–Crippen MR) is 83.8 cm³/mol. The molecule has 20 heavy (non-hydrogen) atoms. The maximum atomic E-state index is 10.3. The van der Waals surface area contributed by atoms with Crippen LogP contribution in [0, 0.1) is 5.92 Å². The van der Waals surface area contributed by atoms with E-state index >= 15 is 0 Å². The fourth-order valence-electron chi connectivity index (χ4n) is 2.59. The van der Waals surface area contributed by atoms with E-state index in [1.54, 1.807) is 0 Å². The van der Waals surface area contributed by atoms with Crippen molar-refractivity contribution in [3.63, 3.8) is 0 Å². The molecule has 2 heteroatoms. The third kappa shape index (κ3) is 3.81. The summed E-state index contributed by atoms with van der Waals surface area (Å²) in [6, 6.07) is 14.2. The highest BCUT2D eigenvalue weighted by Crippen LogP contribution is 2.24. The fraction of sp³-hybridized carbons (Fsp3) is 0.444. The van der Waals surface area contributed by atoms with Crippen LogP contribution in [0.5, 0.6) is 0 Å². The van der Waals surface area contributed by atoms with Crippen LogP contribution in [0.25, 0.3) is 10.8 Å². The number of benzene rings is 2. The van der Waals surface area contributed by atoms with Crippen molar-refractivity contribution < 1.29 is 9.84 Å². The van der Waals surface area contributed by atoms with Gasteiger partial charge in [0.1, 0.15) is 6.10 Å². The molecule has 0 aromatic heterocycles. The molecule has 2 aromatic rings. The van der Waals surface area contributed by atoms with Crippen molar-refractivity contribution in [2.75, 3.05) is 13.2 Å². The lowest BCUT2D eigenvalue weighted by molar-refractivity contribution is 0.0221. The number of rotatable bonds is 7. The first-order valence-corrected chi connectivity index (χ1v) is 7.45. The summed E-state index contributed by atoms with van der Waals surface area (Å²) in [4.78, 5) is 0. The SMILES string of the molecule is CCCC(C)COCC(O)c1cccc2ccccc12. The first-order valence-electron chi connectivity index (χ1n) is 7.45. The van der Waals surface area contributed by atoms with Crippen LogP contribution in [0.2, 0.25) is 0 Å². The molecule has 0 aliphatic carbocycles. The lowest BCUT2D eigenvalue weighted by Gasteiger charge is -2.16. The summed E-state index contributed by atoms with van der Waals surface area (Å²) >= 11 is 0. The maximum Gasteiger partial charge on any atom is 0.103 e. The Morgan fingerprint density at radius 1 is 1.05 bits per heavy atom. The average molecular weight is 272 g/mol. The third-order valence-corrected chi connectivity index (χ3v) is 3.64. The molecular weight excluding hydrogens is 248 g/mol. The van der Waals surface area contributed by atoms with Crippen molar-refractivity contribution in [3.8, 4) is 0 Å². The highest BCUT2D eigenvalue weighted by Gasteiger charge is 2.11. The van der Waals surface area contributed by atoms with Crippen LogP contribution in [0.15, 0.2) is 42.5 Å². The van der Waals surface area contributed by atoms with Crippen LogP contribution in [0.4, 0.5) is 0 Å². The van der Waals surface area contributed by atoms with Crippen molar-refractivity contribution in [1.82, 2.24) is 0 Å². The number of fused-ring (bicyclic) bond motifs is 1. The minimum absolute atomic E-state index is 0.363. The molecule has 2 rings (SSSR count). The zero-order chi connectivity index (χ0) is 14.4. The Labute approximate surface area is 121 Å². The molecule has 2 unspecified atom stereocenters. The highest BCUT2D eigenvalue weighted by atomic mass is 16.5. The Hall–Kier alpha value is -1.38. The minimum atomic E-state index is -0.560. The molecular formula is C18H24O2. The fourth-order valence-corrected chi connectivity index (χ4v) is 2.59. The molecule has 0 saturated heterocycles. The molecule has 0 bridgehead atoms. The quantitative estimate of drug-likeness (QED) is 0.813. The standard InChI is InChI=1S/C18H24O2/c1-3-7-14(2)12-20-13-18(19)17-11-6-9-15-8-4-5-10-16(15)17/h4-6,8-11,14,18-19H,3,7,12-13H2,1-2H3. The number of hydrogen-bond donors (Lipinski definition) is 1. The molecule has 1 N–H and O–H groups in total. The Morgan fingerprint density at radius 3 is 2.60 bits per heavy atom. The van der Waals surface area contributed by atoms with E-state index in [1.165, 1.54) is 12.8 Å². The van der Waals surface area contributed by atoms with E-state index in [4.69, 9.17) is 4.74 Å². The minimum Gasteiger partial charge on any atom is -0.386 e. The number of hydrogen-bond acceptors (Lipinski definition) is 2. The van der Waals surface area contributed by atoms with Gasteiger partial charge in [-0.15, -0.1) is 0 Å². The summed E-state index contributed by atoms with van der Waals surface area (Å²) in [5.74, 6) is 0.555. The first kappa shape index (κ1) is 15.0. The van der Waals surface area contributed by atoms with Crippen molar-refractivity contribution in [2.45, 2.75) is 32.8 Å². The number of ether oxygens (including phenoxy) is 1. The summed E-state index contributed by atoms with van der Waals surface area (Å²) in [7, 11) is 0. The monoisotopic (exact) mass is 272 g/mol. The molecule has 2 atom stereocenters. The second kappa shape index (κ2) is 7.41. The molecule has 0 radical (unpaired) electrons. The van der Waals surface area contributed by atoms with Gasteiger partial charge in [-0.25, -0.2) is 0 Å². The molecule has 0 aliphatic rings. The van der Waals surface area contributed by atoms with E-state index in [9.17, 15) is 5.11 Å². The van der Waals surface area contributed by atoms with Crippen molar-refractivity contribution in [3.05, 3.63) is 48.0 Å². The van der Waals surface area contributed by atoms with Gasteiger partial charge >= 0.3 is 0 Å². The summed E-state index contributed by atoms with van der Waals surface area (Å²) < 4.78 is 5.66. The molecule has 0 spiro atoms. The molecule has 0 aliphatic heterocycles. The van der Waals surface area contributed by atoms with Gasteiger partial charge in [-0.2, -0.15) is 0 Å².